The molecule has 3 rings (SSSR count). The fraction of sp³-hybridized carbons (Fsp3) is 0.250. The average Bonchev–Trinajstić information content (AvgIpc) is 3.03. The van der Waals surface area contributed by atoms with Gasteiger partial charge in [-0.05, 0) is 24.1 Å². The summed E-state index contributed by atoms with van der Waals surface area (Å²) in [6.07, 6.45) is 6.59. The molecule has 0 aromatic carbocycles. The van der Waals surface area contributed by atoms with Gasteiger partial charge >= 0.3 is 0 Å². The first kappa shape index (κ1) is 15.1. The third-order valence-electron chi connectivity index (χ3n) is 3.48. The van der Waals surface area contributed by atoms with Crippen molar-refractivity contribution in [1.29, 1.82) is 0 Å². The Balaban J connectivity index is 2.02. The first-order valence-electron chi connectivity index (χ1n) is 7.27. The van der Waals surface area contributed by atoms with Gasteiger partial charge in [-0.15, -0.1) is 0 Å². The summed E-state index contributed by atoms with van der Waals surface area (Å²) in [7, 11) is 0. The van der Waals surface area contributed by atoms with Gasteiger partial charge in [-0.25, -0.2) is 4.98 Å². The molecule has 23 heavy (non-hydrogen) atoms. The van der Waals surface area contributed by atoms with Crippen molar-refractivity contribution in [2.24, 2.45) is 5.92 Å². The van der Waals surface area contributed by atoms with Crippen molar-refractivity contribution in [3.05, 3.63) is 43.0 Å². The zero-order valence-electron chi connectivity index (χ0n) is 12.6. The van der Waals surface area contributed by atoms with Crippen molar-refractivity contribution >= 4 is 28.3 Å². The number of anilines is 2. The van der Waals surface area contributed by atoms with Crippen LogP contribution in [0.2, 0.25) is 0 Å². The number of carbonyl (C=O) groups excluding carboxylic acids is 1. The first-order valence-corrected chi connectivity index (χ1v) is 7.27. The van der Waals surface area contributed by atoms with E-state index in [1.807, 2.05) is 0 Å². The van der Waals surface area contributed by atoms with Crippen LogP contribution in [0.1, 0.15) is 13.3 Å². The van der Waals surface area contributed by atoms with Crippen LogP contribution in [-0.2, 0) is 4.79 Å². The quantitative estimate of drug-likeness (QED) is 0.785. The van der Waals surface area contributed by atoms with Crippen LogP contribution in [0.25, 0.3) is 10.9 Å². The van der Waals surface area contributed by atoms with E-state index in [0.717, 1.165) is 10.9 Å². The summed E-state index contributed by atoms with van der Waals surface area (Å²) in [5, 5.41) is 7.61. The Labute approximate surface area is 132 Å². The molecule has 0 aliphatic carbocycles. The van der Waals surface area contributed by atoms with Gasteiger partial charge in [0.05, 0.1) is 36.5 Å². The lowest BCUT2D eigenvalue weighted by atomic mass is 10.1. The lowest BCUT2D eigenvalue weighted by molar-refractivity contribution is -0.118. The molecule has 0 bridgehead atoms. The van der Waals surface area contributed by atoms with E-state index in [1.54, 1.807) is 49.9 Å². The maximum Gasteiger partial charge on any atom is 0.233 e. The molecule has 3 aromatic heterocycles. The van der Waals surface area contributed by atoms with Crippen molar-refractivity contribution in [2.45, 2.75) is 13.3 Å². The van der Waals surface area contributed by atoms with Crippen LogP contribution in [0, 0.1) is 5.92 Å². The maximum absolute atomic E-state index is 12.8. The van der Waals surface area contributed by atoms with E-state index in [4.69, 9.17) is 0 Å². The Hall–Kier alpha value is -2.83. The Morgan fingerprint density at radius 3 is 3.00 bits per heavy atom. The van der Waals surface area contributed by atoms with Gasteiger partial charge in [0.25, 0.3) is 0 Å². The minimum absolute atomic E-state index is 0.0937. The number of nitrogens with zero attached hydrogens (tertiary/aromatic N) is 4. The molecule has 0 spiro atoms. The van der Waals surface area contributed by atoms with Gasteiger partial charge in [-0.1, -0.05) is 6.92 Å². The smallest absolute Gasteiger partial charge is 0.233 e. The van der Waals surface area contributed by atoms with E-state index < -0.39 is 6.67 Å². The van der Waals surface area contributed by atoms with Crippen LogP contribution >= 0.6 is 0 Å². The van der Waals surface area contributed by atoms with E-state index >= 15 is 0 Å². The van der Waals surface area contributed by atoms with Crippen molar-refractivity contribution in [2.75, 3.05) is 11.6 Å². The molecule has 0 saturated heterocycles. The molecule has 118 valence electrons. The number of nitrogens with one attached hydrogen (secondary N) is 1. The molecule has 0 radical (unpaired) electrons. The highest BCUT2D eigenvalue weighted by Gasteiger charge is 2.22. The largest absolute Gasteiger partial charge is 0.276 e. The van der Waals surface area contributed by atoms with E-state index in [2.05, 4.69) is 20.2 Å². The number of H-pyrrole nitrogens is 1. The summed E-state index contributed by atoms with van der Waals surface area (Å²) in [5.41, 5.74) is 1.38. The number of aromatic amines is 1. The van der Waals surface area contributed by atoms with Crippen LogP contribution in [0.3, 0.4) is 0 Å². The topological polar surface area (TPSA) is 74.8 Å². The molecule has 3 heterocycles. The molecule has 1 N–H and O–H groups in total. The summed E-state index contributed by atoms with van der Waals surface area (Å²) in [4.78, 5) is 22.5. The SMILES string of the molecule is CC(CF)CC(=O)N(c1cccnc1)c1cc2cn[nH]c2cn1. The molecule has 0 aliphatic rings. The zero-order chi connectivity index (χ0) is 16.2. The van der Waals surface area contributed by atoms with E-state index in [-0.39, 0.29) is 18.2 Å². The molecule has 0 aliphatic heterocycles. The highest BCUT2D eigenvalue weighted by Crippen LogP contribution is 2.27. The minimum Gasteiger partial charge on any atom is -0.276 e. The Kier molecular flexibility index (Phi) is 4.27. The Bertz CT molecular complexity index is 804. The second kappa shape index (κ2) is 6.51. The molecule has 3 aromatic rings. The fourth-order valence-electron chi connectivity index (χ4n) is 2.29. The normalized spacial score (nSPS) is 12.3. The predicted octanol–water partition coefficient (Wildman–Crippen LogP) is 3.01. The van der Waals surface area contributed by atoms with Gasteiger partial charge in [-0.3, -0.25) is 24.2 Å². The van der Waals surface area contributed by atoms with Crippen molar-refractivity contribution in [1.82, 2.24) is 20.2 Å². The highest BCUT2D eigenvalue weighted by atomic mass is 19.1. The number of aromatic nitrogens is 4. The Morgan fingerprint density at radius 1 is 1.39 bits per heavy atom. The maximum atomic E-state index is 12.8. The van der Waals surface area contributed by atoms with E-state index in [9.17, 15) is 9.18 Å². The van der Waals surface area contributed by atoms with Crippen LogP contribution in [0.5, 0.6) is 0 Å². The summed E-state index contributed by atoms with van der Waals surface area (Å²) >= 11 is 0. The summed E-state index contributed by atoms with van der Waals surface area (Å²) < 4.78 is 12.8. The number of carbonyl (C=O) groups is 1. The molecule has 6 nitrogen and oxygen atoms in total. The predicted molar refractivity (Wildman–Crippen MR) is 85.0 cm³/mol. The Morgan fingerprint density at radius 2 is 2.26 bits per heavy atom. The third-order valence-corrected chi connectivity index (χ3v) is 3.48. The van der Waals surface area contributed by atoms with Gasteiger partial charge in [0.1, 0.15) is 5.82 Å². The van der Waals surface area contributed by atoms with E-state index in [0.29, 0.717) is 11.5 Å². The molecule has 0 saturated carbocycles. The first-order chi connectivity index (χ1) is 11.2. The number of fused-ring (bicyclic) bond motifs is 1. The molecule has 1 amide bonds. The molecule has 0 fully saturated rings. The fourth-order valence-corrected chi connectivity index (χ4v) is 2.29. The second-order valence-corrected chi connectivity index (χ2v) is 5.40. The van der Waals surface area contributed by atoms with Crippen molar-refractivity contribution in [3.63, 3.8) is 0 Å². The average molecular weight is 313 g/mol. The molecule has 7 heteroatoms. The zero-order valence-corrected chi connectivity index (χ0v) is 12.6. The number of pyridine rings is 2. The summed E-state index contributed by atoms with van der Waals surface area (Å²) in [6, 6.07) is 5.28. The number of hydrogen-bond donors (Lipinski definition) is 1. The minimum atomic E-state index is -0.541. The number of hydrogen-bond acceptors (Lipinski definition) is 4. The molecular weight excluding hydrogens is 297 g/mol. The number of alkyl halides is 1. The van der Waals surface area contributed by atoms with Gasteiger partial charge in [-0.2, -0.15) is 5.10 Å². The van der Waals surface area contributed by atoms with Gasteiger partial charge in [0.2, 0.25) is 5.91 Å². The third kappa shape index (κ3) is 3.18. The van der Waals surface area contributed by atoms with Crippen molar-refractivity contribution < 1.29 is 9.18 Å². The summed E-state index contributed by atoms with van der Waals surface area (Å²) in [6.45, 7) is 1.16. The number of amides is 1. The molecular formula is C16H16FN5O. The van der Waals surface area contributed by atoms with Crippen LogP contribution < -0.4 is 4.90 Å². The van der Waals surface area contributed by atoms with E-state index in [1.165, 1.54) is 4.90 Å². The standard InChI is InChI=1S/C16H16FN5O/c1-11(7-17)5-16(23)22(13-3-2-4-18-9-13)15-6-12-8-20-21-14(12)10-19-15/h2-4,6,8-11H,5,7H2,1H3,(H,20,21). The monoisotopic (exact) mass is 313 g/mol. The van der Waals surface area contributed by atoms with Crippen LogP contribution in [0.15, 0.2) is 43.0 Å². The van der Waals surface area contributed by atoms with Crippen LogP contribution in [-0.4, -0.2) is 32.7 Å². The summed E-state index contributed by atoms with van der Waals surface area (Å²) in [5.74, 6) is -0.110. The van der Waals surface area contributed by atoms with Gasteiger partial charge < -0.3 is 0 Å². The lowest BCUT2D eigenvalue weighted by Gasteiger charge is -2.22. The lowest BCUT2D eigenvalue weighted by Crippen LogP contribution is -2.28. The number of rotatable bonds is 5. The molecule has 1 unspecified atom stereocenters. The number of halogens is 1. The van der Waals surface area contributed by atoms with Crippen LogP contribution in [0.4, 0.5) is 15.9 Å². The van der Waals surface area contributed by atoms with Crippen molar-refractivity contribution in [3.8, 4) is 0 Å². The molecule has 1 atom stereocenters. The van der Waals surface area contributed by atoms with Gasteiger partial charge in [0.15, 0.2) is 0 Å². The second-order valence-electron chi connectivity index (χ2n) is 5.40. The highest BCUT2D eigenvalue weighted by molar-refractivity contribution is 6.00. The van der Waals surface area contributed by atoms with Gasteiger partial charge in [0, 0.05) is 18.0 Å².